The van der Waals surface area contributed by atoms with Gasteiger partial charge in [0.1, 0.15) is 12.1 Å². The molecule has 1 rings (SSSR count). The smallest absolute Gasteiger partial charge is 0.329 e. The minimum absolute atomic E-state index is 0.0142. The van der Waals surface area contributed by atoms with Crippen molar-refractivity contribution in [2.75, 3.05) is 19.4 Å². The summed E-state index contributed by atoms with van der Waals surface area (Å²) in [5, 5.41) is 4.75. The lowest BCUT2D eigenvalue weighted by Gasteiger charge is -2.19. The van der Waals surface area contributed by atoms with Crippen molar-refractivity contribution in [1.82, 2.24) is 20.2 Å². The topological polar surface area (TPSA) is 145 Å². The zero-order chi connectivity index (χ0) is 20.4. The highest BCUT2D eigenvalue weighted by Crippen LogP contribution is 2.13. The highest BCUT2D eigenvalue weighted by Gasteiger charge is 2.26. The van der Waals surface area contributed by atoms with Crippen LogP contribution in [0, 0.1) is 0 Å². The summed E-state index contributed by atoms with van der Waals surface area (Å²) in [6.45, 7) is 1.43. The molecule has 10 nitrogen and oxygen atoms in total. The van der Waals surface area contributed by atoms with Crippen LogP contribution in [-0.4, -0.2) is 63.9 Å². The van der Waals surface area contributed by atoms with E-state index in [0.29, 0.717) is 0 Å². The molecule has 1 aromatic rings. The second kappa shape index (κ2) is 11.3. The summed E-state index contributed by atoms with van der Waals surface area (Å²) in [4.78, 5) is 51.5. The first-order valence-corrected chi connectivity index (χ1v) is 9.23. The highest BCUT2D eigenvalue weighted by molar-refractivity contribution is 8.13. The molecule has 2 amide bonds. The fourth-order valence-electron chi connectivity index (χ4n) is 2.20. The zero-order valence-electron chi connectivity index (χ0n) is 15.6. The van der Waals surface area contributed by atoms with Crippen molar-refractivity contribution in [2.45, 2.75) is 31.8 Å². The number of ether oxygens (including phenoxy) is 1. The average molecular weight is 399 g/mol. The van der Waals surface area contributed by atoms with Crippen LogP contribution in [0.5, 0.6) is 0 Å². The van der Waals surface area contributed by atoms with E-state index in [1.807, 2.05) is 0 Å². The maximum absolute atomic E-state index is 12.6. The van der Waals surface area contributed by atoms with Gasteiger partial charge < -0.3 is 25.7 Å². The van der Waals surface area contributed by atoms with Crippen LogP contribution in [0.3, 0.4) is 0 Å². The first-order valence-electron chi connectivity index (χ1n) is 8.24. The second-order valence-electron chi connectivity index (χ2n) is 5.77. The molecule has 0 radical (unpaired) electrons. The van der Waals surface area contributed by atoms with Gasteiger partial charge in [0.15, 0.2) is 0 Å². The first kappa shape index (κ1) is 22.6. The molecule has 0 aliphatic heterocycles. The molecule has 150 valence electrons. The number of aromatic nitrogens is 2. The van der Waals surface area contributed by atoms with E-state index in [1.165, 1.54) is 14.0 Å². The molecule has 27 heavy (non-hydrogen) atoms. The third-order valence-electron chi connectivity index (χ3n) is 3.58. The van der Waals surface area contributed by atoms with Gasteiger partial charge in [-0.3, -0.25) is 14.4 Å². The lowest BCUT2D eigenvalue weighted by atomic mass is 10.1. The van der Waals surface area contributed by atoms with Crippen LogP contribution in [0.2, 0.25) is 0 Å². The van der Waals surface area contributed by atoms with Crippen LogP contribution in [0.25, 0.3) is 0 Å². The summed E-state index contributed by atoms with van der Waals surface area (Å²) in [5.41, 5.74) is 6.14. The SMILES string of the molecule is COC(=O)C(CSC(=O)C(Cc1cncn1C)NC(=O)CCN)NC(C)=O. The van der Waals surface area contributed by atoms with E-state index in [9.17, 15) is 19.2 Å². The van der Waals surface area contributed by atoms with E-state index >= 15 is 0 Å². The summed E-state index contributed by atoms with van der Waals surface area (Å²) in [6, 6.07) is -1.78. The molecule has 2 atom stereocenters. The van der Waals surface area contributed by atoms with E-state index in [-0.39, 0.29) is 36.2 Å². The number of carbonyl (C=O) groups excluding carboxylic acids is 4. The minimum atomic E-state index is -0.960. The zero-order valence-corrected chi connectivity index (χ0v) is 16.4. The molecule has 0 saturated carbocycles. The Labute approximate surface area is 161 Å². The molecule has 1 aromatic heterocycles. The Balaban J connectivity index is 2.81. The molecular weight excluding hydrogens is 374 g/mol. The van der Waals surface area contributed by atoms with Gasteiger partial charge in [-0.15, -0.1) is 0 Å². The molecule has 11 heteroatoms. The number of nitrogens with two attached hydrogens (primary N) is 1. The second-order valence-corrected chi connectivity index (χ2v) is 6.79. The Morgan fingerprint density at radius 1 is 1.30 bits per heavy atom. The van der Waals surface area contributed by atoms with Crippen LogP contribution in [0.1, 0.15) is 19.0 Å². The fourth-order valence-corrected chi connectivity index (χ4v) is 3.10. The third kappa shape index (κ3) is 7.79. The lowest BCUT2D eigenvalue weighted by Crippen LogP contribution is -2.45. The molecule has 0 aliphatic rings. The Bertz CT molecular complexity index is 678. The van der Waals surface area contributed by atoms with Gasteiger partial charge in [0.25, 0.3) is 0 Å². The molecule has 0 saturated heterocycles. The average Bonchev–Trinajstić information content (AvgIpc) is 3.01. The van der Waals surface area contributed by atoms with Gasteiger partial charge in [0.05, 0.1) is 13.4 Å². The van der Waals surface area contributed by atoms with Gasteiger partial charge >= 0.3 is 5.97 Å². The van der Waals surface area contributed by atoms with Crippen molar-refractivity contribution in [1.29, 1.82) is 0 Å². The number of nitrogens with zero attached hydrogens (tertiary/aromatic N) is 2. The van der Waals surface area contributed by atoms with Crippen LogP contribution in [0.15, 0.2) is 12.5 Å². The summed E-state index contributed by atoms with van der Waals surface area (Å²) in [6.07, 6.45) is 3.53. The van der Waals surface area contributed by atoms with Gasteiger partial charge in [0, 0.05) is 51.0 Å². The van der Waals surface area contributed by atoms with Crippen LogP contribution in [-0.2, 0) is 37.4 Å². The maximum Gasteiger partial charge on any atom is 0.329 e. The number of hydrogen-bond donors (Lipinski definition) is 3. The molecule has 0 aromatic carbocycles. The number of methoxy groups -OCH3 is 1. The van der Waals surface area contributed by atoms with E-state index in [2.05, 4.69) is 20.4 Å². The van der Waals surface area contributed by atoms with Crippen LogP contribution < -0.4 is 16.4 Å². The number of esters is 1. The van der Waals surface area contributed by atoms with Gasteiger partial charge in [-0.1, -0.05) is 11.8 Å². The molecule has 0 aliphatic carbocycles. The van der Waals surface area contributed by atoms with Crippen molar-refractivity contribution in [3.05, 3.63) is 18.2 Å². The standard InChI is InChI=1S/C16H25N5O5S/c1-10(22)19-13(15(24)26-3)8-27-16(25)12(20-14(23)4-5-17)6-11-7-18-9-21(11)2/h7,9,12-13H,4-6,8,17H2,1-3H3,(H,19,22)(H,20,23). The van der Waals surface area contributed by atoms with E-state index in [4.69, 9.17) is 5.73 Å². The number of imidazole rings is 1. The third-order valence-corrected chi connectivity index (χ3v) is 4.65. The van der Waals surface area contributed by atoms with Crippen LogP contribution >= 0.6 is 11.8 Å². The lowest BCUT2D eigenvalue weighted by molar-refractivity contribution is -0.144. The fraction of sp³-hybridized carbons (Fsp3) is 0.562. The number of aryl methyl sites for hydroxylation is 1. The molecule has 1 heterocycles. The Kier molecular flexibility index (Phi) is 9.51. The van der Waals surface area contributed by atoms with Gasteiger partial charge in [-0.2, -0.15) is 0 Å². The number of hydrogen-bond acceptors (Lipinski definition) is 8. The van der Waals surface area contributed by atoms with Gasteiger partial charge in [-0.05, 0) is 0 Å². The quantitative estimate of drug-likeness (QED) is 0.413. The molecule has 0 bridgehead atoms. The monoisotopic (exact) mass is 399 g/mol. The predicted molar refractivity (Wildman–Crippen MR) is 99.6 cm³/mol. The highest BCUT2D eigenvalue weighted by atomic mass is 32.2. The number of nitrogens with one attached hydrogen (secondary N) is 2. The predicted octanol–water partition coefficient (Wildman–Crippen LogP) is -1.27. The van der Waals surface area contributed by atoms with Crippen molar-refractivity contribution < 1.29 is 23.9 Å². The first-order chi connectivity index (χ1) is 12.8. The largest absolute Gasteiger partial charge is 0.467 e. The summed E-state index contributed by atoms with van der Waals surface area (Å²) in [5.74, 6) is -1.42. The molecule has 4 N–H and O–H groups in total. The molecular formula is C16H25N5O5S. The maximum atomic E-state index is 12.6. The van der Waals surface area contributed by atoms with Crippen molar-refractivity contribution >= 4 is 34.7 Å². The van der Waals surface area contributed by atoms with Gasteiger partial charge in [0.2, 0.25) is 16.9 Å². The Morgan fingerprint density at radius 3 is 2.52 bits per heavy atom. The number of thioether (sulfide) groups is 1. The van der Waals surface area contributed by atoms with Crippen molar-refractivity contribution in [2.24, 2.45) is 12.8 Å². The number of carbonyl (C=O) groups is 4. The van der Waals surface area contributed by atoms with Crippen LogP contribution in [0.4, 0.5) is 0 Å². The van der Waals surface area contributed by atoms with Gasteiger partial charge in [-0.25, -0.2) is 9.78 Å². The summed E-state index contributed by atoms with van der Waals surface area (Å²) < 4.78 is 6.37. The van der Waals surface area contributed by atoms with Crippen molar-refractivity contribution in [3.8, 4) is 0 Å². The molecule has 2 unspecified atom stereocenters. The molecule has 0 spiro atoms. The van der Waals surface area contributed by atoms with E-state index in [1.54, 1.807) is 24.1 Å². The number of rotatable bonds is 10. The normalized spacial score (nSPS) is 12.7. The molecule has 0 fully saturated rings. The number of amides is 2. The Hall–Kier alpha value is -2.40. The summed E-state index contributed by atoms with van der Waals surface area (Å²) >= 11 is 0.836. The minimum Gasteiger partial charge on any atom is -0.467 e. The van der Waals surface area contributed by atoms with E-state index in [0.717, 1.165) is 17.5 Å². The summed E-state index contributed by atoms with van der Waals surface area (Å²) in [7, 11) is 2.98. The Morgan fingerprint density at radius 2 is 2.00 bits per heavy atom. The van der Waals surface area contributed by atoms with E-state index < -0.39 is 24.0 Å². The van der Waals surface area contributed by atoms with Crippen molar-refractivity contribution in [3.63, 3.8) is 0 Å².